The predicted molar refractivity (Wildman–Crippen MR) is 91.3 cm³/mol. The van der Waals surface area contributed by atoms with Crippen LogP contribution in [0.5, 0.6) is 0 Å². The van der Waals surface area contributed by atoms with Gasteiger partial charge in [-0.3, -0.25) is 0 Å². The van der Waals surface area contributed by atoms with E-state index in [9.17, 15) is 0 Å². The van der Waals surface area contributed by atoms with E-state index < -0.39 is 0 Å². The van der Waals surface area contributed by atoms with Crippen LogP contribution in [0.15, 0.2) is 40.3 Å². The molecule has 0 aliphatic carbocycles. The van der Waals surface area contributed by atoms with Crippen molar-refractivity contribution < 1.29 is 0 Å². The fraction of sp³-hybridized carbons (Fsp3) is 0.353. The molecule has 1 heterocycles. The molecule has 0 atom stereocenters. The molecule has 0 spiro atoms. The van der Waals surface area contributed by atoms with Crippen LogP contribution in [0.25, 0.3) is 0 Å². The maximum absolute atomic E-state index is 6.13. The predicted octanol–water partition coefficient (Wildman–Crippen LogP) is 5.00. The van der Waals surface area contributed by atoms with Crippen LogP contribution in [-0.4, -0.2) is 11.0 Å². The second-order valence-electron chi connectivity index (χ2n) is 5.51. The lowest BCUT2D eigenvalue weighted by atomic mass is 10.2. The standard InChI is InChI=1S/C17H21ClN2S/c1-11(2)19-10-14-9-15(18)5-6-16(14)21-17-8-12(3)7-13(4)20-17/h5-9,11,19H,10H2,1-4H3. The fourth-order valence-corrected chi connectivity index (χ4v) is 3.32. The molecule has 0 saturated carbocycles. The van der Waals surface area contributed by atoms with Crippen LogP contribution in [0.1, 0.15) is 30.7 Å². The van der Waals surface area contributed by atoms with Crippen molar-refractivity contribution in [1.82, 2.24) is 10.3 Å². The summed E-state index contributed by atoms with van der Waals surface area (Å²) in [5.74, 6) is 0. The fourth-order valence-electron chi connectivity index (χ4n) is 2.07. The van der Waals surface area contributed by atoms with Crippen LogP contribution in [0.3, 0.4) is 0 Å². The van der Waals surface area contributed by atoms with E-state index in [2.05, 4.69) is 49.3 Å². The van der Waals surface area contributed by atoms with Gasteiger partial charge < -0.3 is 5.32 Å². The Labute approximate surface area is 136 Å². The Morgan fingerprint density at radius 3 is 2.62 bits per heavy atom. The lowest BCUT2D eigenvalue weighted by Crippen LogP contribution is -2.22. The minimum atomic E-state index is 0.446. The number of benzene rings is 1. The summed E-state index contributed by atoms with van der Waals surface area (Å²) in [7, 11) is 0. The Kier molecular flexibility index (Phi) is 5.68. The molecule has 0 fully saturated rings. The third-order valence-electron chi connectivity index (χ3n) is 3.01. The van der Waals surface area contributed by atoms with E-state index >= 15 is 0 Å². The van der Waals surface area contributed by atoms with Crippen molar-refractivity contribution in [1.29, 1.82) is 0 Å². The number of hydrogen-bond acceptors (Lipinski definition) is 3. The molecule has 0 bridgehead atoms. The molecule has 2 rings (SSSR count). The van der Waals surface area contributed by atoms with Crippen LogP contribution >= 0.6 is 23.4 Å². The van der Waals surface area contributed by atoms with Crippen LogP contribution in [0.4, 0.5) is 0 Å². The van der Waals surface area contributed by atoms with E-state index in [0.29, 0.717) is 6.04 Å². The molecule has 1 aromatic carbocycles. The largest absolute Gasteiger partial charge is 0.310 e. The third kappa shape index (κ3) is 5.03. The van der Waals surface area contributed by atoms with Gasteiger partial charge in [0, 0.05) is 28.2 Å². The lowest BCUT2D eigenvalue weighted by Gasteiger charge is -2.13. The van der Waals surface area contributed by atoms with E-state index in [1.807, 2.05) is 19.1 Å². The molecular formula is C17H21ClN2S. The number of nitrogens with one attached hydrogen (secondary N) is 1. The monoisotopic (exact) mass is 320 g/mol. The molecule has 4 heteroatoms. The molecule has 1 N–H and O–H groups in total. The average molecular weight is 321 g/mol. The van der Waals surface area contributed by atoms with Gasteiger partial charge in [0.05, 0.1) is 0 Å². The summed E-state index contributed by atoms with van der Waals surface area (Å²) in [6, 6.07) is 10.7. The highest BCUT2D eigenvalue weighted by atomic mass is 35.5. The molecule has 2 nitrogen and oxygen atoms in total. The minimum Gasteiger partial charge on any atom is -0.310 e. The Morgan fingerprint density at radius 1 is 1.19 bits per heavy atom. The normalized spacial score (nSPS) is 11.1. The third-order valence-corrected chi connectivity index (χ3v) is 4.28. The highest BCUT2D eigenvalue weighted by Crippen LogP contribution is 2.31. The minimum absolute atomic E-state index is 0.446. The van der Waals surface area contributed by atoms with E-state index in [0.717, 1.165) is 22.3 Å². The maximum atomic E-state index is 6.13. The summed E-state index contributed by atoms with van der Waals surface area (Å²) >= 11 is 7.83. The number of aryl methyl sites for hydroxylation is 2. The first-order valence-electron chi connectivity index (χ1n) is 7.09. The van der Waals surface area contributed by atoms with Crippen molar-refractivity contribution in [3.63, 3.8) is 0 Å². The summed E-state index contributed by atoms with van der Waals surface area (Å²) in [5.41, 5.74) is 3.50. The van der Waals surface area contributed by atoms with Gasteiger partial charge in [-0.15, -0.1) is 0 Å². The highest BCUT2D eigenvalue weighted by Gasteiger charge is 2.08. The number of pyridine rings is 1. The first kappa shape index (κ1) is 16.3. The summed E-state index contributed by atoms with van der Waals surface area (Å²) in [5, 5.41) is 5.25. The first-order chi connectivity index (χ1) is 9.94. The van der Waals surface area contributed by atoms with Crippen LogP contribution in [0, 0.1) is 13.8 Å². The van der Waals surface area contributed by atoms with Crippen molar-refractivity contribution in [3.05, 3.63) is 52.2 Å². The lowest BCUT2D eigenvalue weighted by molar-refractivity contribution is 0.585. The Hall–Kier alpha value is -1.03. The van der Waals surface area contributed by atoms with Gasteiger partial charge in [-0.2, -0.15) is 0 Å². The highest BCUT2D eigenvalue weighted by molar-refractivity contribution is 7.99. The van der Waals surface area contributed by atoms with Crippen molar-refractivity contribution in [2.24, 2.45) is 0 Å². The molecular weight excluding hydrogens is 300 g/mol. The van der Waals surface area contributed by atoms with E-state index in [4.69, 9.17) is 11.6 Å². The Morgan fingerprint density at radius 2 is 1.95 bits per heavy atom. The summed E-state index contributed by atoms with van der Waals surface area (Å²) in [6.07, 6.45) is 0. The van der Waals surface area contributed by atoms with Gasteiger partial charge in [0.15, 0.2) is 0 Å². The average Bonchev–Trinajstić information content (AvgIpc) is 2.37. The zero-order valence-electron chi connectivity index (χ0n) is 12.9. The zero-order valence-corrected chi connectivity index (χ0v) is 14.5. The van der Waals surface area contributed by atoms with Gasteiger partial charge in [-0.25, -0.2) is 4.98 Å². The number of nitrogens with zero attached hydrogens (tertiary/aromatic N) is 1. The van der Waals surface area contributed by atoms with Gasteiger partial charge in [0.1, 0.15) is 5.03 Å². The summed E-state index contributed by atoms with van der Waals surface area (Å²) in [4.78, 5) is 5.80. The SMILES string of the molecule is Cc1cc(C)nc(Sc2ccc(Cl)cc2CNC(C)C)c1. The molecule has 21 heavy (non-hydrogen) atoms. The van der Waals surface area contributed by atoms with Crippen molar-refractivity contribution in [2.75, 3.05) is 0 Å². The van der Waals surface area contributed by atoms with Crippen LogP contribution in [0.2, 0.25) is 5.02 Å². The molecule has 0 aliphatic rings. The molecule has 0 saturated heterocycles. The number of hydrogen-bond donors (Lipinski definition) is 1. The second kappa shape index (κ2) is 7.30. The molecule has 0 aliphatic heterocycles. The summed E-state index contributed by atoms with van der Waals surface area (Å²) in [6.45, 7) is 9.22. The summed E-state index contributed by atoms with van der Waals surface area (Å²) < 4.78 is 0. The van der Waals surface area contributed by atoms with E-state index in [1.165, 1.54) is 16.0 Å². The number of aromatic nitrogens is 1. The zero-order chi connectivity index (χ0) is 15.4. The van der Waals surface area contributed by atoms with Gasteiger partial charge in [0.25, 0.3) is 0 Å². The maximum Gasteiger partial charge on any atom is 0.101 e. The quantitative estimate of drug-likeness (QED) is 0.839. The molecule has 1 aromatic heterocycles. The van der Waals surface area contributed by atoms with Crippen molar-refractivity contribution in [3.8, 4) is 0 Å². The first-order valence-corrected chi connectivity index (χ1v) is 8.28. The Balaban J connectivity index is 2.25. The van der Waals surface area contributed by atoms with Crippen LogP contribution < -0.4 is 5.32 Å². The number of halogens is 1. The smallest absolute Gasteiger partial charge is 0.101 e. The molecule has 0 amide bonds. The van der Waals surface area contributed by atoms with Gasteiger partial charge >= 0.3 is 0 Å². The Bertz CT molecular complexity index is 606. The van der Waals surface area contributed by atoms with Crippen molar-refractivity contribution >= 4 is 23.4 Å². The topological polar surface area (TPSA) is 24.9 Å². The number of rotatable bonds is 5. The molecule has 112 valence electrons. The van der Waals surface area contributed by atoms with Crippen molar-refractivity contribution in [2.45, 2.75) is 50.2 Å². The van der Waals surface area contributed by atoms with E-state index in [-0.39, 0.29) is 0 Å². The van der Waals surface area contributed by atoms with Gasteiger partial charge in [-0.1, -0.05) is 37.2 Å². The molecule has 0 unspecified atom stereocenters. The second-order valence-corrected chi connectivity index (χ2v) is 7.01. The molecule has 2 aromatic rings. The van der Waals surface area contributed by atoms with Gasteiger partial charge in [-0.05, 0) is 55.3 Å². The van der Waals surface area contributed by atoms with Gasteiger partial charge in [0.2, 0.25) is 0 Å². The van der Waals surface area contributed by atoms with Crippen LogP contribution in [-0.2, 0) is 6.54 Å². The molecule has 0 radical (unpaired) electrons. The van der Waals surface area contributed by atoms with E-state index in [1.54, 1.807) is 11.8 Å².